The largest absolute Gasteiger partial charge is 0.260 e. The first-order valence-electron chi connectivity index (χ1n) is 5.01. The summed E-state index contributed by atoms with van der Waals surface area (Å²) in [4.78, 5) is 4.39. The summed E-state index contributed by atoms with van der Waals surface area (Å²) in [6.45, 7) is 0.128. The van der Waals surface area contributed by atoms with E-state index in [1.165, 1.54) is 12.1 Å². The molecule has 0 saturated heterocycles. The fraction of sp³-hybridized carbons (Fsp3) is 0.0909. The first kappa shape index (κ1) is 12.7. The molecule has 92 valence electrons. The average Bonchev–Trinajstić information content (AvgIpc) is 2.87. The van der Waals surface area contributed by atoms with Crippen LogP contribution in [0.3, 0.4) is 0 Å². The first-order valence-corrected chi connectivity index (χ1v) is 7.31. The number of nitrogens with one attached hydrogen (secondary N) is 1. The van der Waals surface area contributed by atoms with Crippen molar-refractivity contribution in [3.8, 4) is 6.07 Å². The number of nitriles is 1. The van der Waals surface area contributed by atoms with Gasteiger partial charge in [0.25, 0.3) is 0 Å². The fourth-order valence-corrected chi connectivity index (χ4v) is 3.41. The van der Waals surface area contributed by atoms with Crippen molar-refractivity contribution in [3.05, 3.63) is 47.1 Å². The second-order valence-electron chi connectivity index (χ2n) is 3.38. The van der Waals surface area contributed by atoms with Crippen LogP contribution in [-0.2, 0) is 16.6 Å². The molecule has 0 aromatic carbocycles. The minimum Gasteiger partial charge on any atom is -0.260 e. The number of hydrogen-bond acceptors (Lipinski definition) is 5. The molecule has 0 saturated carbocycles. The highest BCUT2D eigenvalue weighted by atomic mass is 32.2. The number of aromatic nitrogens is 1. The smallest absolute Gasteiger partial charge is 0.250 e. The van der Waals surface area contributed by atoms with E-state index in [1.807, 2.05) is 6.07 Å². The monoisotopic (exact) mass is 279 g/mol. The maximum atomic E-state index is 11.9. The molecule has 18 heavy (non-hydrogen) atoms. The van der Waals surface area contributed by atoms with Gasteiger partial charge in [-0.05, 0) is 24.3 Å². The van der Waals surface area contributed by atoms with E-state index in [-0.39, 0.29) is 10.8 Å². The van der Waals surface area contributed by atoms with E-state index in [0.29, 0.717) is 10.6 Å². The van der Waals surface area contributed by atoms with Crippen molar-refractivity contribution in [3.63, 3.8) is 0 Å². The van der Waals surface area contributed by atoms with E-state index in [2.05, 4.69) is 9.71 Å². The number of nitrogens with zero attached hydrogens (tertiary/aromatic N) is 2. The van der Waals surface area contributed by atoms with Gasteiger partial charge in [-0.1, -0.05) is 6.07 Å². The molecule has 2 rings (SSSR count). The van der Waals surface area contributed by atoms with Crippen LogP contribution >= 0.6 is 11.3 Å². The van der Waals surface area contributed by atoms with Gasteiger partial charge < -0.3 is 0 Å². The Hall–Kier alpha value is -1.75. The number of rotatable bonds is 4. The van der Waals surface area contributed by atoms with Crippen LogP contribution in [0.15, 0.2) is 40.7 Å². The van der Waals surface area contributed by atoms with Crippen LogP contribution in [-0.4, -0.2) is 13.4 Å². The maximum Gasteiger partial charge on any atom is 0.250 e. The molecule has 2 aromatic heterocycles. The van der Waals surface area contributed by atoms with E-state index >= 15 is 0 Å². The lowest BCUT2D eigenvalue weighted by Gasteiger charge is -2.03. The summed E-state index contributed by atoms with van der Waals surface area (Å²) in [6.07, 6.45) is 1.60. The third-order valence-electron chi connectivity index (χ3n) is 2.13. The Bertz CT molecular complexity index is 672. The lowest BCUT2D eigenvalue weighted by molar-refractivity contribution is 0.582. The average molecular weight is 279 g/mol. The van der Waals surface area contributed by atoms with Crippen molar-refractivity contribution in [1.82, 2.24) is 9.71 Å². The molecule has 0 unspecified atom stereocenters. The second-order valence-corrected chi connectivity index (χ2v) is 6.45. The number of pyridine rings is 1. The number of thiophene rings is 1. The highest BCUT2D eigenvalue weighted by Crippen LogP contribution is 2.20. The predicted molar refractivity (Wildman–Crippen MR) is 67.3 cm³/mol. The van der Waals surface area contributed by atoms with Crippen LogP contribution < -0.4 is 4.72 Å². The Balaban J connectivity index is 2.11. The Morgan fingerprint density at radius 1 is 1.33 bits per heavy atom. The molecular formula is C11H9N3O2S2. The molecule has 0 fully saturated rings. The molecular weight excluding hydrogens is 270 g/mol. The molecule has 0 atom stereocenters. The first-order chi connectivity index (χ1) is 8.62. The van der Waals surface area contributed by atoms with Gasteiger partial charge in [0.15, 0.2) is 0 Å². The highest BCUT2D eigenvalue weighted by Gasteiger charge is 2.16. The second kappa shape index (κ2) is 5.27. The molecule has 0 amide bonds. The van der Waals surface area contributed by atoms with E-state index < -0.39 is 10.0 Å². The molecule has 0 spiro atoms. The molecule has 0 aliphatic rings. The summed E-state index contributed by atoms with van der Waals surface area (Å²) in [6, 6.07) is 10.1. The Kier molecular flexibility index (Phi) is 3.72. The predicted octanol–water partition coefficient (Wildman–Crippen LogP) is 1.49. The van der Waals surface area contributed by atoms with Gasteiger partial charge in [0, 0.05) is 6.20 Å². The molecule has 0 aliphatic heterocycles. The summed E-state index contributed by atoms with van der Waals surface area (Å²) in [5, 5.41) is 8.66. The molecule has 0 aliphatic carbocycles. The molecule has 0 bridgehead atoms. The van der Waals surface area contributed by atoms with Crippen molar-refractivity contribution < 1.29 is 8.42 Å². The van der Waals surface area contributed by atoms with Gasteiger partial charge in [0.1, 0.15) is 15.2 Å². The zero-order chi connectivity index (χ0) is 13.0. The summed E-state index contributed by atoms with van der Waals surface area (Å²) in [5.74, 6) is 0. The van der Waals surface area contributed by atoms with Crippen LogP contribution in [0.5, 0.6) is 0 Å². The minimum absolute atomic E-state index is 0.128. The minimum atomic E-state index is -3.57. The fourth-order valence-electron chi connectivity index (χ4n) is 1.27. The van der Waals surface area contributed by atoms with Gasteiger partial charge in [-0.3, -0.25) is 4.98 Å². The van der Waals surface area contributed by atoms with Crippen molar-refractivity contribution in [2.45, 2.75) is 10.8 Å². The summed E-state index contributed by atoms with van der Waals surface area (Å²) < 4.78 is 26.4. The standard InChI is InChI=1S/C11H9N3O2S2/c12-7-10-4-5-11(17-10)18(15,16)14-8-9-3-1-2-6-13-9/h1-6,14H,8H2. The normalized spacial score (nSPS) is 11.1. The lowest BCUT2D eigenvalue weighted by Crippen LogP contribution is -2.22. The highest BCUT2D eigenvalue weighted by molar-refractivity contribution is 7.91. The molecule has 7 heteroatoms. The van der Waals surface area contributed by atoms with Gasteiger partial charge >= 0.3 is 0 Å². The lowest BCUT2D eigenvalue weighted by atomic mass is 10.4. The Morgan fingerprint density at radius 2 is 2.17 bits per heavy atom. The van der Waals surface area contributed by atoms with Crippen molar-refractivity contribution in [2.75, 3.05) is 0 Å². The quantitative estimate of drug-likeness (QED) is 0.919. The van der Waals surface area contributed by atoms with E-state index in [1.54, 1.807) is 24.4 Å². The van der Waals surface area contributed by atoms with Crippen LogP contribution in [0.4, 0.5) is 0 Å². The number of sulfonamides is 1. The third kappa shape index (κ3) is 2.92. The van der Waals surface area contributed by atoms with Gasteiger partial charge in [-0.25, -0.2) is 13.1 Å². The summed E-state index contributed by atoms with van der Waals surface area (Å²) in [7, 11) is -3.57. The van der Waals surface area contributed by atoms with Gasteiger partial charge in [-0.15, -0.1) is 11.3 Å². The van der Waals surface area contributed by atoms with Crippen molar-refractivity contribution >= 4 is 21.4 Å². The van der Waals surface area contributed by atoms with Gasteiger partial charge in [-0.2, -0.15) is 5.26 Å². The Labute approximate surface area is 109 Å². The zero-order valence-corrected chi connectivity index (χ0v) is 10.8. The Morgan fingerprint density at radius 3 is 2.78 bits per heavy atom. The van der Waals surface area contributed by atoms with Crippen molar-refractivity contribution in [1.29, 1.82) is 5.26 Å². The summed E-state index contributed by atoms with van der Waals surface area (Å²) >= 11 is 0.943. The van der Waals surface area contributed by atoms with Gasteiger partial charge in [0.2, 0.25) is 10.0 Å². The summed E-state index contributed by atoms with van der Waals surface area (Å²) in [5.41, 5.74) is 0.637. The van der Waals surface area contributed by atoms with E-state index in [0.717, 1.165) is 11.3 Å². The molecule has 5 nitrogen and oxygen atoms in total. The molecule has 2 aromatic rings. The van der Waals surface area contributed by atoms with Crippen molar-refractivity contribution in [2.24, 2.45) is 0 Å². The number of hydrogen-bond donors (Lipinski definition) is 1. The van der Waals surface area contributed by atoms with Crippen LogP contribution in [0.25, 0.3) is 0 Å². The zero-order valence-electron chi connectivity index (χ0n) is 9.20. The SMILES string of the molecule is N#Cc1ccc(S(=O)(=O)NCc2ccccn2)s1. The molecule has 2 heterocycles. The van der Waals surface area contributed by atoms with Crippen LogP contribution in [0.2, 0.25) is 0 Å². The van der Waals surface area contributed by atoms with Gasteiger partial charge in [0.05, 0.1) is 12.2 Å². The van der Waals surface area contributed by atoms with E-state index in [9.17, 15) is 8.42 Å². The topological polar surface area (TPSA) is 82.8 Å². The maximum absolute atomic E-state index is 11.9. The van der Waals surface area contributed by atoms with E-state index in [4.69, 9.17) is 5.26 Å². The molecule has 0 radical (unpaired) electrons. The molecule has 1 N–H and O–H groups in total. The third-order valence-corrected chi connectivity index (χ3v) is 5.01. The van der Waals surface area contributed by atoms with Crippen LogP contribution in [0, 0.1) is 11.3 Å². The van der Waals surface area contributed by atoms with Crippen LogP contribution in [0.1, 0.15) is 10.6 Å².